The van der Waals surface area contributed by atoms with Crippen LogP contribution in [-0.2, 0) is 14.3 Å². The van der Waals surface area contributed by atoms with Crippen molar-refractivity contribution in [2.75, 3.05) is 31.2 Å². The highest BCUT2D eigenvalue weighted by Crippen LogP contribution is 2.69. The van der Waals surface area contributed by atoms with Crippen LogP contribution in [0.1, 0.15) is 89.5 Å². The third-order valence-corrected chi connectivity index (χ3v) is 11.5. The van der Waals surface area contributed by atoms with Gasteiger partial charge >= 0.3 is 5.97 Å². The quantitative estimate of drug-likeness (QED) is 0.241. The maximum atomic E-state index is 14.0. The van der Waals surface area contributed by atoms with E-state index in [9.17, 15) is 19.6 Å². The number of aliphatic hydroxyl groups is 1. The summed E-state index contributed by atoms with van der Waals surface area (Å²) in [6.07, 6.45) is 11.6. The van der Waals surface area contributed by atoms with E-state index >= 15 is 0 Å². The molecule has 2 saturated carbocycles. The molecule has 2 unspecified atom stereocenters. The number of rotatable bonds is 6. The van der Waals surface area contributed by atoms with Crippen molar-refractivity contribution in [1.29, 1.82) is 0 Å². The second-order valence-electron chi connectivity index (χ2n) is 13.5. The van der Waals surface area contributed by atoms with Gasteiger partial charge in [-0.15, -0.1) is 0 Å². The van der Waals surface area contributed by atoms with Crippen LogP contribution in [0.2, 0.25) is 0 Å². The summed E-state index contributed by atoms with van der Waals surface area (Å²) in [4.78, 5) is 39.7. The molecule has 1 N–H and O–H groups in total. The first-order valence-corrected chi connectivity index (χ1v) is 16.2. The molecule has 0 aromatic heterocycles. The van der Waals surface area contributed by atoms with Crippen LogP contribution < -0.4 is 4.90 Å². The van der Waals surface area contributed by atoms with Gasteiger partial charge in [0.1, 0.15) is 12.6 Å². The van der Waals surface area contributed by atoms with E-state index in [4.69, 9.17) is 4.74 Å². The molecule has 1 heterocycles. The summed E-state index contributed by atoms with van der Waals surface area (Å²) >= 11 is 0. The van der Waals surface area contributed by atoms with Crippen LogP contribution in [0.25, 0.3) is 0 Å². The molecule has 1 aromatic rings. The van der Waals surface area contributed by atoms with Gasteiger partial charge < -0.3 is 14.7 Å². The van der Waals surface area contributed by atoms with Crippen molar-refractivity contribution in [3.05, 3.63) is 57.5 Å². The minimum absolute atomic E-state index is 0.107. The van der Waals surface area contributed by atoms with E-state index in [1.54, 1.807) is 0 Å². The van der Waals surface area contributed by atoms with E-state index in [1.165, 1.54) is 54.2 Å². The zero-order valence-electron chi connectivity index (χ0n) is 25.6. The van der Waals surface area contributed by atoms with Gasteiger partial charge in [0.2, 0.25) is 0 Å². The Morgan fingerprint density at radius 3 is 2.56 bits per heavy atom. The zero-order valence-corrected chi connectivity index (χ0v) is 25.6. The van der Waals surface area contributed by atoms with E-state index in [-0.39, 0.29) is 36.9 Å². The number of carbonyl (C=O) groups excluding carboxylic acids is 2. The van der Waals surface area contributed by atoms with E-state index in [0.29, 0.717) is 12.3 Å². The number of allylic oxidation sites excluding steroid dienone is 3. The number of Topliss-reactive ketones (excluding diaryl/α,β-unsaturated/α-hetero) is 1. The summed E-state index contributed by atoms with van der Waals surface area (Å²) in [6.45, 7) is 5.13. The Morgan fingerprint density at radius 1 is 1.09 bits per heavy atom. The lowest BCUT2D eigenvalue weighted by molar-refractivity contribution is -0.150. The number of hydrogen-bond donors (Lipinski definition) is 1. The minimum Gasteiger partial charge on any atom is -0.458 e. The summed E-state index contributed by atoms with van der Waals surface area (Å²) < 4.78 is 5.25. The Balaban J connectivity index is 1.45. The zero-order chi connectivity index (χ0) is 30.2. The van der Waals surface area contributed by atoms with Crippen molar-refractivity contribution in [2.45, 2.75) is 90.0 Å². The average molecular weight is 585 g/mol. The highest BCUT2D eigenvalue weighted by Gasteiger charge is 2.65. The van der Waals surface area contributed by atoms with E-state index in [1.807, 2.05) is 0 Å². The number of hydrogen-bond acceptors (Lipinski definition) is 7. The van der Waals surface area contributed by atoms with Crippen molar-refractivity contribution >= 4 is 17.4 Å². The highest BCUT2D eigenvalue weighted by molar-refractivity contribution is 5.91. The highest BCUT2D eigenvalue weighted by atomic mass is 16.5. The summed E-state index contributed by atoms with van der Waals surface area (Å²) in [5.74, 6) is 6.16. The molecule has 1 aliphatic heterocycles. The number of piperidine rings is 1. The predicted octanol–water partition coefficient (Wildman–Crippen LogP) is 6.26. The molecular formula is C36H44N2O5. The predicted molar refractivity (Wildman–Crippen MR) is 166 cm³/mol. The Kier molecular flexibility index (Phi) is 8.35. The number of ketones is 1. The monoisotopic (exact) mass is 584 g/mol. The fraction of sp³-hybridized carbons (Fsp3) is 0.611. The molecule has 0 radical (unpaired) electrons. The first-order valence-electron chi connectivity index (χ1n) is 16.2. The van der Waals surface area contributed by atoms with Crippen molar-refractivity contribution in [3.63, 3.8) is 0 Å². The molecule has 0 amide bonds. The van der Waals surface area contributed by atoms with Crippen LogP contribution in [0, 0.1) is 39.4 Å². The number of fused-ring (bicyclic) bond motifs is 4. The minimum atomic E-state index is -0.993. The second-order valence-corrected chi connectivity index (χ2v) is 13.5. The molecule has 43 heavy (non-hydrogen) atoms. The number of nitroso groups, excluding NO2 is 1. The van der Waals surface area contributed by atoms with Crippen LogP contribution in [0.4, 0.5) is 5.69 Å². The SMILES string of the molecule is CC(=O)OCC(=O)[C@@]1(C#CCO)CC[C@H]2[C@@H]3CCC4=CC(N=O)CCC4=C3C(c3ccc(N4CCCCC4)cc3)C[C@@]21C. The molecular weight excluding hydrogens is 540 g/mol. The van der Waals surface area contributed by atoms with Crippen LogP contribution >= 0.6 is 0 Å². The molecule has 228 valence electrons. The van der Waals surface area contributed by atoms with Gasteiger partial charge in [-0.25, -0.2) is 0 Å². The Morgan fingerprint density at radius 2 is 1.86 bits per heavy atom. The van der Waals surface area contributed by atoms with Crippen molar-refractivity contribution in [2.24, 2.45) is 27.8 Å². The number of ether oxygens (including phenoxy) is 1. The lowest BCUT2D eigenvalue weighted by atomic mass is 9.48. The number of benzene rings is 1. The second kappa shape index (κ2) is 12.0. The number of nitrogens with zero attached hydrogens (tertiary/aromatic N) is 2. The van der Waals surface area contributed by atoms with Crippen molar-refractivity contribution < 1.29 is 19.4 Å². The summed E-state index contributed by atoms with van der Waals surface area (Å²) in [5.41, 5.74) is 5.26. The molecule has 3 fully saturated rings. The third kappa shape index (κ3) is 5.16. The van der Waals surface area contributed by atoms with Gasteiger partial charge in [-0.3, -0.25) is 9.59 Å². The van der Waals surface area contributed by atoms with Crippen LogP contribution in [0.15, 0.2) is 52.2 Å². The first-order chi connectivity index (χ1) is 20.8. The van der Waals surface area contributed by atoms with E-state index < -0.39 is 16.8 Å². The van der Waals surface area contributed by atoms with Crippen LogP contribution in [0.3, 0.4) is 0 Å². The number of aliphatic hydroxyl groups excluding tert-OH is 1. The number of esters is 1. The normalized spacial score (nSPS) is 33.3. The maximum absolute atomic E-state index is 14.0. The lowest BCUT2D eigenvalue weighted by Crippen LogP contribution is -2.51. The summed E-state index contributed by atoms with van der Waals surface area (Å²) in [7, 11) is 0. The van der Waals surface area contributed by atoms with Crippen molar-refractivity contribution in [1.82, 2.24) is 0 Å². The fourth-order valence-corrected chi connectivity index (χ4v) is 9.47. The molecule has 0 spiro atoms. The van der Waals surface area contributed by atoms with Gasteiger partial charge in [-0.2, -0.15) is 4.91 Å². The third-order valence-electron chi connectivity index (χ3n) is 11.5. The topological polar surface area (TPSA) is 96.3 Å². The van der Waals surface area contributed by atoms with Gasteiger partial charge in [0.15, 0.2) is 12.4 Å². The van der Waals surface area contributed by atoms with Crippen LogP contribution in [-0.4, -0.2) is 49.2 Å². The smallest absolute Gasteiger partial charge is 0.303 e. The molecule has 4 aliphatic carbocycles. The average Bonchev–Trinajstić information content (AvgIpc) is 3.34. The molecule has 1 aromatic carbocycles. The first kappa shape index (κ1) is 29.8. The molecule has 7 nitrogen and oxygen atoms in total. The molecule has 6 atom stereocenters. The van der Waals surface area contributed by atoms with Crippen molar-refractivity contribution in [3.8, 4) is 11.8 Å². The van der Waals surface area contributed by atoms with Gasteiger partial charge in [-0.1, -0.05) is 47.7 Å². The van der Waals surface area contributed by atoms with Gasteiger partial charge in [0.25, 0.3) is 0 Å². The maximum Gasteiger partial charge on any atom is 0.303 e. The molecule has 0 bridgehead atoms. The molecule has 6 rings (SSSR count). The Bertz CT molecular complexity index is 1390. The molecule has 7 heteroatoms. The largest absolute Gasteiger partial charge is 0.458 e. The van der Waals surface area contributed by atoms with E-state index in [2.05, 4.69) is 59.2 Å². The van der Waals surface area contributed by atoms with E-state index in [0.717, 1.165) is 51.6 Å². The summed E-state index contributed by atoms with van der Waals surface area (Å²) in [6, 6.07) is 8.86. The Hall–Kier alpha value is -3.24. The van der Waals surface area contributed by atoms with Gasteiger partial charge in [0, 0.05) is 31.6 Å². The number of anilines is 1. The lowest BCUT2D eigenvalue weighted by Gasteiger charge is -2.54. The standard InChI is InChI=1S/C36H44N2O5/c1-24(40)43-23-33(41)36(16-6-20-39)17-15-32-30-13-9-26-21-27(37-42)10-14-29(26)34(30)31(22-35(32,36)2)25-7-11-28(12-8-25)38-18-4-3-5-19-38/h7-8,11-12,21,27,30-32,39H,3-5,9-10,13-15,17-20,22-23H2,1-2H3/t27?,30-,31?,32-,35-,36+/m0/s1. The number of carbonyl (C=O) groups is 2. The van der Waals surface area contributed by atoms with Crippen LogP contribution in [0.5, 0.6) is 0 Å². The van der Waals surface area contributed by atoms with Gasteiger partial charge in [0.05, 0.1) is 5.41 Å². The molecule has 5 aliphatic rings. The fourth-order valence-electron chi connectivity index (χ4n) is 9.47. The Labute approximate surface area is 255 Å². The molecule has 1 saturated heterocycles. The summed E-state index contributed by atoms with van der Waals surface area (Å²) in [5, 5.41) is 13.1. The van der Waals surface area contributed by atoms with Gasteiger partial charge in [-0.05, 0) is 110 Å².